The largest absolute Gasteiger partial charge is 0.478 e. The van der Waals surface area contributed by atoms with Gasteiger partial charge in [0.1, 0.15) is 17.1 Å². The van der Waals surface area contributed by atoms with Crippen molar-refractivity contribution in [3.8, 4) is 11.3 Å². The second kappa shape index (κ2) is 4.74. The van der Waals surface area contributed by atoms with Gasteiger partial charge in [-0.3, -0.25) is 10.1 Å². The highest BCUT2D eigenvalue weighted by molar-refractivity contribution is 6.30. The van der Waals surface area contributed by atoms with E-state index >= 15 is 0 Å². The van der Waals surface area contributed by atoms with Gasteiger partial charge in [-0.05, 0) is 25.1 Å². The zero-order valence-electron chi connectivity index (χ0n) is 9.71. The van der Waals surface area contributed by atoms with Crippen LogP contribution in [0.25, 0.3) is 11.3 Å². The molecule has 0 saturated carbocycles. The van der Waals surface area contributed by atoms with Gasteiger partial charge in [-0.1, -0.05) is 11.6 Å². The number of rotatable bonds is 3. The third-order valence-corrected chi connectivity index (χ3v) is 2.81. The zero-order chi connectivity index (χ0) is 14.2. The van der Waals surface area contributed by atoms with Crippen LogP contribution >= 0.6 is 11.6 Å². The molecule has 0 aliphatic heterocycles. The van der Waals surface area contributed by atoms with Gasteiger partial charge in [-0.15, -0.1) is 0 Å². The van der Waals surface area contributed by atoms with Crippen LogP contribution in [0.3, 0.4) is 0 Å². The highest BCUT2D eigenvalue weighted by atomic mass is 35.5. The average molecular weight is 282 g/mol. The number of furan rings is 1. The maximum absolute atomic E-state index is 11.0. The van der Waals surface area contributed by atoms with Gasteiger partial charge < -0.3 is 9.52 Å². The molecule has 1 aromatic heterocycles. The lowest BCUT2D eigenvalue weighted by molar-refractivity contribution is -0.384. The first-order valence-corrected chi connectivity index (χ1v) is 5.56. The quantitative estimate of drug-likeness (QED) is 0.686. The summed E-state index contributed by atoms with van der Waals surface area (Å²) < 4.78 is 5.26. The number of benzene rings is 1. The SMILES string of the molecule is Cc1oc(-c2ccc(Cl)cc2[N+](=O)[O-])cc1C(=O)O. The molecular formula is C12H8ClNO5. The van der Waals surface area contributed by atoms with Crippen LogP contribution in [0.5, 0.6) is 0 Å². The normalized spacial score (nSPS) is 10.4. The molecule has 7 heteroatoms. The molecule has 0 radical (unpaired) electrons. The van der Waals surface area contributed by atoms with Crippen molar-refractivity contribution >= 4 is 23.3 Å². The lowest BCUT2D eigenvalue weighted by atomic mass is 10.1. The molecule has 1 N–H and O–H groups in total. The van der Waals surface area contributed by atoms with Crippen molar-refractivity contribution < 1.29 is 19.2 Å². The third-order valence-electron chi connectivity index (χ3n) is 2.57. The summed E-state index contributed by atoms with van der Waals surface area (Å²) in [6.07, 6.45) is 0. The van der Waals surface area contributed by atoms with Gasteiger partial charge in [-0.25, -0.2) is 4.79 Å². The Bertz CT molecular complexity index is 677. The van der Waals surface area contributed by atoms with Crippen molar-refractivity contribution in [1.82, 2.24) is 0 Å². The molecule has 19 heavy (non-hydrogen) atoms. The van der Waals surface area contributed by atoms with Crippen molar-refractivity contribution in [3.63, 3.8) is 0 Å². The van der Waals surface area contributed by atoms with E-state index in [2.05, 4.69) is 0 Å². The Labute approximate surface area is 112 Å². The van der Waals surface area contributed by atoms with E-state index in [1.54, 1.807) is 0 Å². The predicted octanol–water partition coefficient (Wildman–Crippen LogP) is 3.51. The monoisotopic (exact) mass is 281 g/mol. The lowest BCUT2D eigenvalue weighted by Crippen LogP contribution is -1.95. The summed E-state index contributed by atoms with van der Waals surface area (Å²) in [6, 6.07) is 5.34. The number of carboxylic acids is 1. The Kier molecular flexibility index (Phi) is 3.26. The maximum Gasteiger partial charge on any atom is 0.339 e. The number of nitro groups is 1. The van der Waals surface area contributed by atoms with Crippen LogP contribution < -0.4 is 0 Å². The van der Waals surface area contributed by atoms with Gasteiger partial charge >= 0.3 is 5.97 Å². The zero-order valence-corrected chi connectivity index (χ0v) is 10.5. The van der Waals surface area contributed by atoms with Gasteiger partial charge in [0.15, 0.2) is 0 Å². The minimum absolute atomic E-state index is 0.0285. The molecule has 0 bridgehead atoms. The molecule has 1 heterocycles. The first kappa shape index (κ1) is 13.1. The Balaban J connectivity index is 2.62. The summed E-state index contributed by atoms with van der Waals surface area (Å²) in [6.45, 7) is 1.48. The molecule has 2 aromatic rings. The third kappa shape index (κ3) is 2.43. The van der Waals surface area contributed by atoms with Crippen molar-refractivity contribution in [2.75, 3.05) is 0 Å². The minimum atomic E-state index is -1.15. The molecule has 0 aliphatic carbocycles. The van der Waals surface area contributed by atoms with Crippen LogP contribution in [0.2, 0.25) is 5.02 Å². The molecule has 0 spiro atoms. The number of halogens is 1. The molecule has 2 rings (SSSR count). The Morgan fingerprint density at radius 1 is 1.42 bits per heavy atom. The van der Waals surface area contributed by atoms with Gasteiger partial charge in [-0.2, -0.15) is 0 Å². The fraction of sp³-hybridized carbons (Fsp3) is 0.0833. The molecule has 0 aliphatic rings. The molecule has 1 aromatic carbocycles. The number of aromatic carboxylic acids is 1. The highest BCUT2D eigenvalue weighted by Gasteiger charge is 2.21. The molecule has 6 nitrogen and oxygen atoms in total. The highest BCUT2D eigenvalue weighted by Crippen LogP contribution is 2.34. The van der Waals surface area contributed by atoms with E-state index in [-0.39, 0.29) is 33.4 Å². The van der Waals surface area contributed by atoms with E-state index < -0.39 is 10.9 Å². The maximum atomic E-state index is 11.0. The van der Waals surface area contributed by atoms with Crippen LogP contribution in [0, 0.1) is 17.0 Å². The number of aryl methyl sites for hydroxylation is 1. The molecular weight excluding hydrogens is 274 g/mol. The fourth-order valence-corrected chi connectivity index (χ4v) is 1.86. The Hall–Kier alpha value is -2.34. The van der Waals surface area contributed by atoms with E-state index in [9.17, 15) is 14.9 Å². The molecule has 0 fully saturated rings. The average Bonchev–Trinajstić information content (AvgIpc) is 2.71. The van der Waals surface area contributed by atoms with Crippen molar-refractivity contribution in [2.45, 2.75) is 6.92 Å². The summed E-state index contributed by atoms with van der Waals surface area (Å²) >= 11 is 5.71. The number of carboxylic acid groups (broad SMARTS) is 1. The smallest absolute Gasteiger partial charge is 0.339 e. The Morgan fingerprint density at radius 3 is 2.63 bits per heavy atom. The van der Waals surface area contributed by atoms with Crippen molar-refractivity contribution in [3.05, 3.63) is 50.7 Å². The second-order valence-corrected chi connectivity index (χ2v) is 4.24. The molecule has 0 saturated heterocycles. The second-order valence-electron chi connectivity index (χ2n) is 3.80. The van der Waals surface area contributed by atoms with E-state index in [0.717, 1.165) is 0 Å². The predicted molar refractivity (Wildman–Crippen MR) is 67.5 cm³/mol. The van der Waals surface area contributed by atoms with E-state index in [0.29, 0.717) is 0 Å². The van der Waals surface area contributed by atoms with Crippen LogP contribution in [0.1, 0.15) is 16.1 Å². The number of nitrogens with zero attached hydrogens (tertiary/aromatic N) is 1. The molecule has 98 valence electrons. The lowest BCUT2D eigenvalue weighted by Gasteiger charge is -1.99. The number of hydrogen-bond donors (Lipinski definition) is 1. The van der Waals surface area contributed by atoms with Crippen molar-refractivity contribution in [1.29, 1.82) is 0 Å². The number of carbonyl (C=O) groups is 1. The molecule has 0 atom stereocenters. The van der Waals surface area contributed by atoms with E-state index in [1.165, 1.54) is 31.2 Å². The van der Waals surface area contributed by atoms with Crippen molar-refractivity contribution in [2.24, 2.45) is 0 Å². The first-order valence-electron chi connectivity index (χ1n) is 5.18. The van der Waals surface area contributed by atoms with Crippen LogP contribution in [-0.4, -0.2) is 16.0 Å². The standard InChI is InChI=1S/C12H8ClNO5/c1-6-9(12(15)16)5-11(19-6)8-3-2-7(13)4-10(8)14(17)18/h2-5H,1H3,(H,15,16). The van der Waals surface area contributed by atoms with Crippen LogP contribution in [0.15, 0.2) is 28.7 Å². The van der Waals surface area contributed by atoms with Gasteiger partial charge in [0.2, 0.25) is 0 Å². The van der Waals surface area contributed by atoms with Crippen LogP contribution in [0.4, 0.5) is 5.69 Å². The number of hydrogen-bond acceptors (Lipinski definition) is 4. The minimum Gasteiger partial charge on any atom is -0.478 e. The molecule has 0 amide bonds. The van der Waals surface area contributed by atoms with Crippen LogP contribution in [-0.2, 0) is 0 Å². The Morgan fingerprint density at radius 2 is 2.11 bits per heavy atom. The summed E-state index contributed by atoms with van der Waals surface area (Å²) in [4.78, 5) is 21.3. The molecule has 0 unspecified atom stereocenters. The topological polar surface area (TPSA) is 93.6 Å². The fourth-order valence-electron chi connectivity index (χ4n) is 1.69. The van der Waals surface area contributed by atoms with Gasteiger partial charge in [0, 0.05) is 11.1 Å². The number of nitro benzene ring substituents is 1. The summed E-state index contributed by atoms with van der Waals surface area (Å²) in [5.41, 5.74) is -0.0811. The van der Waals surface area contributed by atoms with E-state index in [4.69, 9.17) is 21.1 Å². The van der Waals surface area contributed by atoms with E-state index in [1.807, 2.05) is 0 Å². The summed E-state index contributed by atoms with van der Waals surface area (Å²) in [5, 5.41) is 20.1. The van der Waals surface area contributed by atoms with Gasteiger partial charge in [0.05, 0.1) is 10.5 Å². The van der Waals surface area contributed by atoms with Gasteiger partial charge in [0.25, 0.3) is 5.69 Å². The summed E-state index contributed by atoms with van der Waals surface area (Å²) in [7, 11) is 0. The summed E-state index contributed by atoms with van der Waals surface area (Å²) in [5.74, 6) is -0.839. The first-order chi connectivity index (χ1) is 8.90.